The highest BCUT2D eigenvalue weighted by Gasteiger charge is 2.17. The number of likely N-dealkylation sites (N-methyl/N-ethyl adjacent to an activating group) is 1. The van der Waals surface area contributed by atoms with Crippen molar-refractivity contribution >= 4 is 17.7 Å². The fourth-order valence-corrected chi connectivity index (χ4v) is 2.33. The van der Waals surface area contributed by atoms with E-state index in [0.717, 1.165) is 38.3 Å². The number of carbonyl (C=O) groups is 1. The Morgan fingerprint density at radius 2 is 2.05 bits per heavy atom. The molecule has 2 rings (SSSR count). The minimum absolute atomic E-state index is 0.0437. The Hall–Kier alpha value is -1.95. The van der Waals surface area contributed by atoms with Crippen LogP contribution in [0.5, 0.6) is 0 Å². The van der Waals surface area contributed by atoms with Crippen LogP contribution in [0.3, 0.4) is 0 Å². The van der Waals surface area contributed by atoms with Crippen LogP contribution in [0.2, 0.25) is 0 Å². The maximum atomic E-state index is 11.1. The van der Waals surface area contributed by atoms with Crippen molar-refractivity contribution in [2.75, 3.05) is 38.1 Å². The van der Waals surface area contributed by atoms with Crippen LogP contribution in [0.25, 0.3) is 0 Å². The van der Waals surface area contributed by atoms with Gasteiger partial charge in [-0.3, -0.25) is 14.9 Å². The van der Waals surface area contributed by atoms with Crippen LogP contribution in [0.15, 0.2) is 18.2 Å². The van der Waals surface area contributed by atoms with Crippen LogP contribution in [-0.4, -0.2) is 49.3 Å². The molecule has 0 spiro atoms. The van der Waals surface area contributed by atoms with E-state index in [4.69, 9.17) is 0 Å². The molecule has 0 bridgehead atoms. The average molecular weight is 263 g/mol. The van der Waals surface area contributed by atoms with E-state index < -0.39 is 4.92 Å². The number of aldehydes is 1. The topological polar surface area (TPSA) is 66.7 Å². The summed E-state index contributed by atoms with van der Waals surface area (Å²) in [5.74, 6) is 0. The standard InChI is InChI=1S/C13H17N3O3/c1-14-5-2-6-15(8-7-14)13-4-3-12(16(18)19)9-11(13)10-17/h3-4,9-10H,2,5-8H2,1H3. The first-order valence-corrected chi connectivity index (χ1v) is 6.29. The fraction of sp³-hybridized carbons (Fsp3) is 0.462. The molecule has 0 aliphatic carbocycles. The lowest BCUT2D eigenvalue weighted by molar-refractivity contribution is -0.384. The molecule has 19 heavy (non-hydrogen) atoms. The van der Waals surface area contributed by atoms with Gasteiger partial charge in [-0.05, 0) is 26.1 Å². The van der Waals surface area contributed by atoms with Gasteiger partial charge in [0.1, 0.15) is 0 Å². The molecule has 0 saturated carbocycles. The Bertz CT molecular complexity index is 490. The summed E-state index contributed by atoms with van der Waals surface area (Å²) in [5, 5.41) is 10.7. The summed E-state index contributed by atoms with van der Waals surface area (Å²) in [5.41, 5.74) is 1.13. The lowest BCUT2D eigenvalue weighted by Gasteiger charge is -2.24. The van der Waals surface area contributed by atoms with Crippen LogP contribution in [0, 0.1) is 10.1 Å². The van der Waals surface area contributed by atoms with Crippen LogP contribution in [0.1, 0.15) is 16.8 Å². The molecule has 0 radical (unpaired) electrons. The summed E-state index contributed by atoms with van der Waals surface area (Å²) < 4.78 is 0. The number of carbonyl (C=O) groups excluding carboxylic acids is 1. The van der Waals surface area contributed by atoms with E-state index in [9.17, 15) is 14.9 Å². The summed E-state index contributed by atoms with van der Waals surface area (Å²) in [7, 11) is 2.07. The van der Waals surface area contributed by atoms with Gasteiger partial charge in [0.2, 0.25) is 0 Å². The first kappa shape index (κ1) is 13.5. The van der Waals surface area contributed by atoms with Crippen molar-refractivity contribution in [3.63, 3.8) is 0 Å². The quantitative estimate of drug-likeness (QED) is 0.470. The van der Waals surface area contributed by atoms with Gasteiger partial charge in [0, 0.05) is 43.0 Å². The number of hydrogen-bond acceptors (Lipinski definition) is 5. The molecular formula is C13H17N3O3. The molecule has 0 atom stereocenters. The van der Waals surface area contributed by atoms with Crippen molar-refractivity contribution in [2.45, 2.75) is 6.42 Å². The maximum absolute atomic E-state index is 11.1. The number of benzene rings is 1. The van der Waals surface area contributed by atoms with Gasteiger partial charge in [0.25, 0.3) is 5.69 Å². The number of rotatable bonds is 3. The predicted molar refractivity (Wildman–Crippen MR) is 72.8 cm³/mol. The first-order valence-electron chi connectivity index (χ1n) is 6.29. The van der Waals surface area contributed by atoms with Crippen LogP contribution >= 0.6 is 0 Å². The molecule has 1 aliphatic heterocycles. The van der Waals surface area contributed by atoms with Crippen molar-refractivity contribution in [3.05, 3.63) is 33.9 Å². The van der Waals surface area contributed by atoms with Gasteiger partial charge >= 0.3 is 0 Å². The molecule has 0 aromatic heterocycles. The molecule has 0 unspecified atom stereocenters. The van der Waals surface area contributed by atoms with Gasteiger partial charge in [-0.1, -0.05) is 0 Å². The van der Waals surface area contributed by atoms with Gasteiger partial charge < -0.3 is 9.80 Å². The zero-order valence-corrected chi connectivity index (χ0v) is 10.9. The third-order valence-corrected chi connectivity index (χ3v) is 3.41. The molecule has 1 aliphatic rings. The van der Waals surface area contributed by atoms with E-state index in [-0.39, 0.29) is 5.69 Å². The minimum atomic E-state index is -0.479. The first-order chi connectivity index (χ1) is 9.11. The Morgan fingerprint density at radius 1 is 1.26 bits per heavy atom. The van der Waals surface area contributed by atoms with Crippen LogP contribution in [0.4, 0.5) is 11.4 Å². The smallest absolute Gasteiger partial charge is 0.270 e. The van der Waals surface area contributed by atoms with Crippen LogP contribution < -0.4 is 4.90 Å². The van der Waals surface area contributed by atoms with E-state index >= 15 is 0 Å². The summed E-state index contributed by atoms with van der Waals surface area (Å²) in [6.45, 7) is 3.65. The number of hydrogen-bond donors (Lipinski definition) is 0. The summed E-state index contributed by atoms with van der Waals surface area (Å²) >= 11 is 0. The second-order valence-electron chi connectivity index (χ2n) is 4.76. The third kappa shape index (κ3) is 3.08. The molecule has 1 aromatic carbocycles. The molecule has 6 nitrogen and oxygen atoms in total. The zero-order chi connectivity index (χ0) is 13.8. The van der Waals surface area contributed by atoms with Gasteiger partial charge in [-0.2, -0.15) is 0 Å². The van der Waals surface area contributed by atoms with E-state index in [1.165, 1.54) is 12.1 Å². The molecule has 1 saturated heterocycles. The third-order valence-electron chi connectivity index (χ3n) is 3.41. The monoisotopic (exact) mass is 263 g/mol. The van der Waals surface area contributed by atoms with Gasteiger partial charge in [-0.15, -0.1) is 0 Å². The number of nitro groups is 1. The molecule has 102 valence electrons. The lowest BCUT2D eigenvalue weighted by atomic mass is 10.1. The maximum Gasteiger partial charge on any atom is 0.270 e. The molecule has 0 amide bonds. The van der Waals surface area contributed by atoms with Gasteiger partial charge in [-0.25, -0.2) is 0 Å². The normalized spacial score (nSPS) is 17.0. The summed E-state index contributed by atoms with van der Waals surface area (Å²) in [6, 6.07) is 4.47. The van der Waals surface area contributed by atoms with Gasteiger partial charge in [0.15, 0.2) is 6.29 Å². The second kappa shape index (κ2) is 5.79. The Morgan fingerprint density at radius 3 is 2.74 bits per heavy atom. The van der Waals surface area contributed by atoms with Crippen molar-refractivity contribution in [2.24, 2.45) is 0 Å². The molecular weight excluding hydrogens is 246 g/mol. The van der Waals surface area contributed by atoms with Crippen molar-refractivity contribution in [1.29, 1.82) is 0 Å². The second-order valence-corrected chi connectivity index (χ2v) is 4.76. The fourth-order valence-electron chi connectivity index (χ4n) is 2.33. The van der Waals surface area contributed by atoms with Crippen molar-refractivity contribution in [3.8, 4) is 0 Å². The SMILES string of the molecule is CN1CCCN(c2ccc([N+](=O)[O-])cc2C=O)CC1. The van der Waals surface area contributed by atoms with E-state index in [0.29, 0.717) is 11.8 Å². The number of nitrogens with zero attached hydrogens (tertiary/aromatic N) is 3. The summed E-state index contributed by atoms with van der Waals surface area (Å²) in [4.78, 5) is 25.7. The van der Waals surface area contributed by atoms with E-state index in [1.54, 1.807) is 6.07 Å². The lowest BCUT2D eigenvalue weighted by Crippen LogP contribution is -2.29. The number of non-ortho nitro benzene ring substituents is 1. The van der Waals surface area contributed by atoms with Crippen molar-refractivity contribution in [1.82, 2.24) is 4.90 Å². The molecule has 1 heterocycles. The van der Waals surface area contributed by atoms with Gasteiger partial charge in [0.05, 0.1) is 4.92 Å². The Balaban J connectivity index is 2.28. The Labute approximate surface area is 111 Å². The molecule has 6 heteroatoms. The van der Waals surface area contributed by atoms with E-state index in [2.05, 4.69) is 16.8 Å². The molecule has 0 N–H and O–H groups in total. The number of anilines is 1. The predicted octanol–water partition coefficient (Wildman–Crippen LogP) is 1.55. The summed E-state index contributed by atoms with van der Waals surface area (Å²) in [6.07, 6.45) is 1.71. The van der Waals surface area contributed by atoms with E-state index in [1.807, 2.05) is 0 Å². The molecule has 1 fully saturated rings. The number of nitro benzene ring substituents is 1. The van der Waals surface area contributed by atoms with Crippen molar-refractivity contribution < 1.29 is 9.72 Å². The molecule has 1 aromatic rings. The highest BCUT2D eigenvalue weighted by Crippen LogP contribution is 2.25. The average Bonchev–Trinajstić information content (AvgIpc) is 2.62. The Kier molecular flexibility index (Phi) is 4.11. The highest BCUT2D eigenvalue weighted by molar-refractivity contribution is 5.86. The zero-order valence-electron chi connectivity index (χ0n) is 10.9. The largest absolute Gasteiger partial charge is 0.370 e. The highest BCUT2D eigenvalue weighted by atomic mass is 16.6. The van der Waals surface area contributed by atoms with Crippen LogP contribution in [-0.2, 0) is 0 Å². The minimum Gasteiger partial charge on any atom is -0.370 e.